The van der Waals surface area contributed by atoms with Crippen LogP contribution < -0.4 is 10.1 Å². The molecule has 1 N–H and O–H groups in total. The highest BCUT2D eigenvalue weighted by molar-refractivity contribution is 7.99. The maximum Gasteiger partial charge on any atom is 0.288 e. The van der Waals surface area contributed by atoms with Gasteiger partial charge in [-0.3, -0.25) is 0 Å². The molecule has 21 heavy (non-hydrogen) atoms. The van der Waals surface area contributed by atoms with Crippen LogP contribution in [-0.2, 0) is 6.54 Å². The Labute approximate surface area is 127 Å². The van der Waals surface area contributed by atoms with Crippen LogP contribution in [0.15, 0.2) is 47.4 Å². The van der Waals surface area contributed by atoms with Gasteiger partial charge in [-0.15, -0.1) is 0 Å². The lowest BCUT2D eigenvalue weighted by Crippen LogP contribution is -2.02. The molecule has 0 radical (unpaired) electrons. The van der Waals surface area contributed by atoms with Crippen LogP contribution in [0.5, 0.6) is 5.75 Å². The molecule has 2 rings (SSSR count). The van der Waals surface area contributed by atoms with Gasteiger partial charge in [0, 0.05) is 22.7 Å². The van der Waals surface area contributed by atoms with Crippen LogP contribution in [0.25, 0.3) is 0 Å². The fourth-order valence-electron chi connectivity index (χ4n) is 2.00. The minimum Gasteiger partial charge on any atom is -0.496 e. The van der Waals surface area contributed by atoms with Crippen molar-refractivity contribution >= 4 is 17.4 Å². The highest BCUT2D eigenvalue weighted by Crippen LogP contribution is 2.27. The smallest absolute Gasteiger partial charge is 0.288 e. The van der Waals surface area contributed by atoms with Gasteiger partial charge in [0.05, 0.1) is 7.11 Å². The first-order valence-corrected chi connectivity index (χ1v) is 7.38. The topological polar surface area (TPSA) is 21.3 Å². The van der Waals surface area contributed by atoms with Crippen molar-refractivity contribution < 1.29 is 13.5 Å². The van der Waals surface area contributed by atoms with Crippen molar-refractivity contribution in [2.75, 3.05) is 12.4 Å². The Morgan fingerprint density at radius 1 is 1.14 bits per heavy atom. The van der Waals surface area contributed by atoms with E-state index in [9.17, 15) is 8.78 Å². The molecule has 0 heterocycles. The molecular formula is C16H17F2NOS. The van der Waals surface area contributed by atoms with Crippen molar-refractivity contribution in [2.24, 2.45) is 0 Å². The molecule has 112 valence electrons. The molecular weight excluding hydrogens is 292 g/mol. The summed E-state index contributed by atoms with van der Waals surface area (Å²) in [7, 11) is 1.64. The Hall–Kier alpha value is -1.75. The Kier molecular flexibility index (Phi) is 5.44. The second-order valence-electron chi connectivity index (χ2n) is 4.57. The van der Waals surface area contributed by atoms with Gasteiger partial charge in [0.1, 0.15) is 5.75 Å². The summed E-state index contributed by atoms with van der Waals surface area (Å²) in [5.74, 6) is -1.56. The second kappa shape index (κ2) is 7.31. The van der Waals surface area contributed by atoms with Gasteiger partial charge in [-0.25, -0.2) is 0 Å². The van der Waals surface area contributed by atoms with E-state index in [1.807, 2.05) is 19.1 Å². The molecule has 0 bridgehead atoms. The highest BCUT2D eigenvalue weighted by Gasteiger charge is 2.06. The summed E-state index contributed by atoms with van der Waals surface area (Å²) in [4.78, 5) is 0.559. The number of alkyl halides is 2. The molecule has 0 aliphatic rings. The Morgan fingerprint density at radius 2 is 1.86 bits per heavy atom. The summed E-state index contributed by atoms with van der Waals surface area (Å²) in [6, 6.07) is 13.0. The predicted molar refractivity (Wildman–Crippen MR) is 83.4 cm³/mol. The summed E-state index contributed by atoms with van der Waals surface area (Å²) in [5.41, 5.74) is 3.11. The lowest BCUT2D eigenvalue weighted by molar-refractivity contribution is 0.252. The monoisotopic (exact) mass is 309 g/mol. The molecule has 0 aromatic heterocycles. The zero-order chi connectivity index (χ0) is 15.2. The van der Waals surface area contributed by atoms with Gasteiger partial charge in [-0.1, -0.05) is 29.5 Å². The minimum atomic E-state index is -2.39. The van der Waals surface area contributed by atoms with E-state index in [1.54, 1.807) is 31.4 Å². The maximum absolute atomic E-state index is 12.2. The van der Waals surface area contributed by atoms with E-state index in [-0.39, 0.29) is 0 Å². The number of benzene rings is 2. The Bertz CT molecular complexity index is 587. The summed E-state index contributed by atoms with van der Waals surface area (Å²) in [5, 5.41) is 3.27. The quantitative estimate of drug-likeness (QED) is 0.764. The largest absolute Gasteiger partial charge is 0.496 e. The average molecular weight is 309 g/mol. The first-order valence-electron chi connectivity index (χ1n) is 6.51. The predicted octanol–water partition coefficient (Wildman–Crippen LogP) is 4.93. The van der Waals surface area contributed by atoms with E-state index in [4.69, 9.17) is 4.74 Å². The van der Waals surface area contributed by atoms with Crippen molar-refractivity contribution in [3.05, 3.63) is 53.6 Å². The van der Waals surface area contributed by atoms with Crippen molar-refractivity contribution in [3.63, 3.8) is 0 Å². The number of halogens is 2. The Morgan fingerprint density at radius 3 is 2.48 bits per heavy atom. The number of rotatable bonds is 6. The third-order valence-electron chi connectivity index (χ3n) is 3.00. The van der Waals surface area contributed by atoms with Gasteiger partial charge in [-0.05, 0) is 37.3 Å². The minimum absolute atomic E-state index is 0.549. The Balaban J connectivity index is 2.01. The lowest BCUT2D eigenvalue weighted by Gasteiger charge is -2.12. The van der Waals surface area contributed by atoms with Crippen LogP contribution in [0.4, 0.5) is 14.5 Å². The average Bonchev–Trinajstić information content (AvgIpc) is 2.46. The molecule has 2 aromatic rings. The standard InChI is InChI=1S/C16H17F2NOS/c1-11-3-8-15(20-2)12(9-11)10-19-13-4-6-14(7-5-13)21-16(17)18/h3-9,16,19H,10H2,1-2H3. The molecule has 0 saturated carbocycles. The van der Waals surface area contributed by atoms with Crippen LogP contribution in [0.1, 0.15) is 11.1 Å². The van der Waals surface area contributed by atoms with Crippen LogP contribution in [0.3, 0.4) is 0 Å². The molecule has 0 aliphatic carbocycles. The summed E-state index contributed by atoms with van der Waals surface area (Å²) < 4.78 is 29.8. The van der Waals surface area contributed by atoms with Crippen LogP contribution in [0.2, 0.25) is 0 Å². The summed E-state index contributed by atoms with van der Waals surface area (Å²) in [6.07, 6.45) is 0. The van der Waals surface area contributed by atoms with Gasteiger partial charge in [0.2, 0.25) is 0 Å². The number of anilines is 1. The fraction of sp³-hybridized carbons (Fsp3) is 0.250. The van der Waals surface area contributed by atoms with Crippen LogP contribution in [0, 0.1) is 6.92 Å². The van der Waals surface area contributed by atoms with E-state index >= 15 is 0 Å². The number of thioether (sulfide) groups is 1. The van der Waals surface area contributed by atoms with Gasteiger partial charge < -0.3 is 10.1 Å². The molecule has 0 aliphatic heterocycles. The van der Waals surface area contributed by atoms with E-state index in [0.29, 0.717) is 23.2 Å². The molecule has 0 saturated heterocycles. The lowest BCUT2D eigenvalue weighted by atomic mass is 10.1. The normalized spacial score (nSPS) is 10.7. The molecule has 0 spiro atoms. The van der Waals surface area contributed by atoms with E-state index < -0.39 is 5.76 Å². The molecule has 5 heteroatoms. The number of ether oxygens (including phenoxy) is 1. The molecule has 0 amide bonds. The molecule has 2 aromatic carbocycles. The molecule has 2 nitrogen and oxygen atoms in total. The molecule has 0 unspecified atom stereocenters. The SMILES string of the molecule is COc1ccc(C)cc1CNc1ccc(SC(F)F)cc1. The first-order chi connectivity index (χ1) is 10.1. The summed E-state index contributed by atoms with van der Waals surface area (Å²) >= 11 is 0.549. The fourth-order valence-corrected chi connectivity index (χ4v) is 2.50. The van der Waals surface area contributed by atoms with Crippen molar-refractivity contribution in [2.45, 2.75) is 24.1 Å². The van der Waals surface area contributed by atoms with Crippen molar-refractivity contribution in [1.29, 1.82) is 0 Å². The van der Waals surface area contributed by atoms with E-state index in [1.165, 1.54) is 0 Å². The molecule has 0 atom stereocenters. The summed E-state index contributed by atoms with van der Waals surface area (Å²) in [6.45, 7) is 2.64. The number of aryl methyl sites for hydroxylation is 1. The first kappa shape index (κ1) is 15.6. The maximum atomic E-state index is 12.2. The van der Waals surface area contributed by atoms with Gasteiger partial charge in [0.25, 0.3) is 5.76 Å². The van der Waals surface area contributed by atoms with Gasteiger partial charge >= 0.3 is 0 Å². The third kappa shape index (κ3) is 4.63. The third-order valence-corrected chi connectivity index (χ3v) is 3.72. The van der Waals surface area contributed by atoms with Gasteiger partial charge in [-0.2, -0.15) is 8.78 Å². The van der Waals surface area contributed by atoms with Gasteiger partial charge in [0.15, 0.2) is 0 Å². The zero-order valence-electron chi connectivity index (χ0n) is 11.9. The van der Waals surface area contributed by atoms with E-state index in [0.717, 1.165) is 22.6 Å². The van der Waals surface area contributed by atoms with E-state index in [2.05, 4.69) is 11.4 Å². The zero-order valence-corrected chi connectivity index (χ0v) is 12.7. The second-order valence-corrected chi connectivity index (χ2v) is 5.64. The molecule has 0 fully saturated rings. The number of methoxy groups -OCH3 is 1. The highest BCUT2D eigenvalue weighted by atomic mass is 32.2. The van der Waals surface area contributed by atoms with Crippen molar-refractivity contribution in [1.82, 2.24) is 0 Å². The number of hydrogen-bond donors (Lipinski definition) is 1. The van der Waals surface area contributed by atoms with Crippen LogP contribution in [-0.4, -0.2) is 12.9 Å². The number of nitrogens with one attached hydrogen (secondary N) is 1. The number of hydrogen-bond acceptors (Lipinski definition) is 3. The van der Waals surface area contributed by atoms with Crippen LogP contribution >= 0.6 is 11.8 Å². The van der Waals surface area contributed by atoms with Crippen molar-refractivity contribution in [3.8, 4) is 5.75 Å².